The van der Waals surface area contributed by atoms with Gasteiger partial charge in [0.1, 0.15) is 5.01 Å². The van der Waals surface area contributed by atoms with Crippen LogP contribution in [0.25, 0.3) is 0 Å². The fourth-order valence-corrected chi connectivity index (χ4v) is 4.47. The molecule has 0 unspecified atom stereocenters. The minimum Gasteiger partial charge on any atom is -0.253 e. The average Bonchev–Trinajstić information content (AvgIpc) is 3.03. The summed E-state index contributed by atoms with van der Waals surface area (Å²) in [6.45, 7) is 0. The highest BCUT2D eigenvalue weighted by Gasteiger charge is 2.18. The molecule has 3 aromatic rings. The van der Waals surface area contributed by atoms with E-state index in [9.17, 15) is 8.42 Å². The van der Waals surface area contributed by atoms with Gasteiger partial charge in [-0.15, -0.1) is 10.2 Å². The molecule has 0 amide bonds. The van der Waals surface area contributed by atoms with Crippen molar-refractivity contribution >= 4 is 49.7 Å². The summed E-state index contributed by atoms with van der Waals surface area (Å²) in [5, 5.41) is 9.37. The van der Waals surface area contributed by atoms with Crippen molar-refractivity contribution in [2.24, 2.45) is 0 Å². The lowest BCUT2D eigenvalue weighted by Crippen LogP contribution is -2.12. The molecule has 0 saturated carbocycles. The van der Waals surface area contributed by atoms with Crippen LogP contribution in [-0.4, -0.2) is 18.6 Å². The van der Waals surface area contributed by atoms with Crippen molar-refractivity contribution in [2.75, 3.05) is 4.72 Å². The Bertz CT molecular complexity index is 976. The maximum absolute atomic E-state index is 12.4. The molecule has 25 heavy (non-hydrogen) atoms. The van der Waals surface area contributed by atoms with Crippen LogP contribution in [-0.2, 0) is 22.9 Å². The predicted molar refractivity (Wildman–Crippen MR) is 101 cm³/mol. The first-order chi connectivity index (χ1) is 11.9. The first kappa shape index (κ1) is 18.1. The van der Waals surface area contributed by atoms with Crippen molar-refractivity contribution in [2.45, 2.75) is 17.7 Å². The molecule has 0 spiro atoms. The second kappa shape index (κ2) is 7.70. The molecule has 1 aromatic heterocycles. The molecule has 130 valence electrons. The zero-order valence-corrected chi connectivity index (χ0v) is 16.0. The van der Waals surface area contributed by atoms with Crippen molar-refractivity contribution in [3.8, 4) is 0 Å². The van der Waals surface area contributed by atoms with Crippen LogP contribution < -0.4 is 4.72 Å². The van der Waals surface area contributed by atoms with Crippen LogP contribution in [0.15, 0.2) is 53.4 Å². The molecule has 0 aliphatic carbocycles. The minimum absolute atomic E-state index is 0.0166. The van der Waals surface area contributed by atoms with Gasteiger partial charge in [-0.2, -0.15) is 0 Å². The first-order valence-electron chi connectivity index (χ1n) is 7.28. The van der Waals surface area contributed by atoms with Crippen LogP contribution in [0.2, 0.25) is 10.0 Å². The topological polar surface area (TPSA) is 72.0 Å². The summed E-state index contributed by atoms with van der Waals surface area (Å²) in [7, 11) is -3.79. The van der Waals surface area contributed by atoms with Crippen molar-refractivity contribution in [3.05, 3.63) is 69.1 Å². The Morgan fingerprint density at radius 2 is 1.72 bits per heavy atom. The van der Waals surface area contributed by atoms with E-state index >= 15 is 0 Å². The molecule has 0 aliphatic rings. The third-order valence-electron chi connectivity index (χ3n) is 3.36. The van der Waals surface area contributed by atoms with Crippen LogP contribution in [0, 0.1) is 0 Å². The van der Waals surface area contributed by atoms with Crippen LogP contribution in [0.3, 0.4) is 0 Å². The standard InChI is InChI=1S/C16H13Cl2N3O2S2/c17-13-8-7-12(10-14(13)18)25(22,23)21-16-20-19-15(24-16)9-6-11-4-2-1-3-5-11/h1-5,7-8,10H,6,9H2,(H,20,21). The van der Waals surface area contributed by atoms with Gasteiger partial charge in [0, 0.05) is 6.42 Å². The van der Waals surface area contributed by atoms with E-state index in [2.05, 4.69) is 14.9 Å². The number of halogens is 2. The summed E-state index contributed by atoms with van der Waals surface area (Å²) < 4.78 is 27.2. The molecule has 0 atom stereocenters. The molecule has 0 fully saturated rings. The lowest BCUT2D eigenvalue weighted by Gasteiger charge is -2.05. The van der Waals surface area contributed by atoms with E-state index in [1.807, 2.05) is 30.3 Å². The molecular formula is C16H13Cl2N3O2S2. The molecule has 3 rings (SSSR count). The number of aryl methyl sites for hydroxylation is 2. The van der Waals surface area contributed by atoms with Gasteiger partial charge in [0.15, 0.2) is 0 Å². The molecule has 0 aliphatic heterocycles. The third kappa shape index (κ3) is 4.70. The van der Waals surface area contributed by atoms with E-state index in [-0.39, 0.29) is 15.0 Å². The molecule has 1 N–H and O–H groups in total. The van der Waals surface area contributed by atoms with Gasteiger partial charge in [-0.05, 0) is 30.2 Å². The molecule has 0 radical (unpaired) electrons. The Morgan fingerprint density at radius 1 is 0.960 bits per heavy atom. The largest absolute Gasteiger partial charge is 0.263 e. The number of aromatic nitrogens is 2. The average molecular weight is 414 g/mol. The summed E-state index contributed by atoms with van der Waals surface area (Å²) in [5.41, 5.74) is 1.19. The fourth-order valence-electron chi connectivity index (χ4n) is 2.11. The number of nitrogens with one attached hydrogen (secondary N) is 1. The van der Waals surface area contributed by atoms with Crippen molar-refractivity contribution in [1.29, 1.82) is 0 Å². The lowest BCUT2D eigenvalue weighted by atomic mass is 10.1. The van der Waals surface area contributed by atoms with Crippen LogP contribution >= 0.6 is 34.5 Å². The number of hydrogen-bond acceptors (Lipinski definition) is 5. The second-order valence-electron chi connectivity index (χ2n) is 5.17. The number of hydrogen-bond donors (Lipinski definition) is 1. The third-order valence-corrected chi connectivity index (χ3v) is 6.46. The second-order valence-corrected chi connectivity index (χ2v) is 8.73. The number of sulfonamides is 1. The van der Waals surface area contributed by atoms with Crippen LogP contribution in [0.1, 0.15) is 10.6 Å². The first-order valence-corrected chi connectivity index (χ1v) is 10.3. The van der Waals surface area contributed by atoms with Gasteiger partial charge in [-0.1, -0.05) is 64.9 Å². The molecule has 1 heterocycles. The highest BCUT2D eigenvalue weighted by molar-refractivity contribution is 7.93. The van der Waals surface area contributed by atoms with Gasteiger partial charge in [0.05, 0.1) is 14.9 Å². The van der Waals surface area contributed by atoms with E-state index in [1.165, 1.54) is 35.1 Å². The molecule has 0 saturated heterocycles. The number of anilines is 1. The smallest absolute Gasteiger partial charge is 0.253 e. The van der Waals surface area contributed by atoms with Crippen molar-refractivity contribution in [1.82, 2.24) is 10.2 Å². The van der Waals surface area contributed by atoms with E-state index in [1.54, 1.807) is 0 Å². The lowest BCUT2D eigenvalue weighted by molar-refractivity contribution is 0.601. The molecular weight excluding hydrogens is 401 g/mol. The Morgan fingerprint density at radius 3 is 2.44 bits per heavy atom. The van der Waals surface area contributed by atoms with Gasteiger partial charge in [-0.25, -0.2) is 8.42 Å². The summed E-state index contributed by atoms with van der Waals surface area (Å²) in [6.07, 6.45) is 1.51. The van der Waals surface area contributed by atoms with Gasteiger partial charge in [-0.3, -0.25) is 4.72 Å². The highest BCUT2D eigenvalue weighted by atomic mass is 35.5. The van der Waals surface area contributed by atoms with E-state index in [4.69, 9.17) is 23.2 Å². The van der Waals surface area contributed by atoms with Crippen molar-refractivity contribution < 1.29 is 8.42 Å². The maximum atomic E-state index is 12.4. The fraction of sp³-hybridized carbons (Fsp3) is 0.125. The maximum Gasteiger partial charge on any atom is 0.263 e. The molecule has 9 heteroatoms. The van der Waals surface area contributed by atoms with Gasteiger partial charge >= 0.3 is 0 Å². The van der Waals surface area contributed by atoms with E-state index in [0.717, 1.165) is 11.4 Å². The Kier molecular flexibility index (Phi) is 5.58. The van der Waals surface area contributed by atoms with Gasteiger partial charge in [0.25, 0.3) is 10.0 Å². The molecule has 2 aromatic carbocycles. The number of rotatable bonds is 6. The monoisotopic (exact) mass is 413 g/mol. The SMILES string of the molecule is O=S(=O)(Nc1nnc(CCc2ccccc2)s1)c1ccc(Cl)c(Cl)c1. The van der Waals surface area contributed by atoms with Gasteiger partial charge < -0.3 is 0 Å². The van der Waals surface area contributed by atoms with Crippen molar-refractivity contribution in [3.63, 3.8) is 0 Å². The summed E-state index contributed by atoms with van der Waals surface area (Å²) >= 11 is 12.9. The van der Waals surface area contributed by atoms with Crippen LogP contribution in [0.5, 0.6) is 0 Å². The predicted octanol–water partition coefficient (Wildman–Crippen LogP) is 4.43. The summed E-state index contributed by atoms with van der Waals surface area (Å²) in [5.74, 6) is 0. The summed E-state index contributed by atoms with van der Waals surface area (Å²) in [4.78, 5) is 0.0166. The number of nitrogens with zero attached hydrogens (tertiary/aromatic N) is 2. The van der Waals surface area contributed by atoms with E-state index < -0.39 is 10.0 Å². The Labute approximate surface area is 159 Å². The van der Waals surface area contributed by atoms with Gasteiger partial charge in [0.2, 0.25) is 5.13 Å². The van der Waals surface area contributed by atoms with Crippen LogP contribution in [0.4, 0.5) is 5.13 Å². The number of benzene rings is 2. The Hall–Kier alpha value is -1.67. The zero-order chi connectivity index (χ0) is 17.9. The Balaban J connectivity index is 1.68. The zero-order valence-electron chi connectivity index (χ0n) is 12.8. The molecule has 0 bridgehead atoms. The minimum atomic E-state index is -3.79. The molecule has 5 nitrogen and oxygen atoms in total. The quantitative estimate of drug-likeness (QED) is 0.648. The van der Waals surface area contributed by atoms with E-state index in [0.29, 0.717) is 11.4 Å². The highest BCUT2D eigenvalue weighted by Crippen LogP contribution is 2.27. The summed E-state index contributed by atoms with van der Waals surface area (Å²) in [6, 6.07) is 14.1. The normalized spacial score (nSPS) is 11.4.